The number of methoxy groups -OCH3 is 2. The molecule has 0 fully saturated rings. The fourth-order valence-electron chi connectivity index (χ4n) is 3.12. The number of anilines is 1. The van der Waals surface area contributed by atoms with Crippen LogP contribution in [-0.2, 0) is 17.8 Å². The summed E-state index contributed by atoms with van der Waals surface area (Å²) in [6, 6.07) is 13.2. The van der Waals surface area contributed by atoms with Gasteiger partial charge in [-0.1, -0.05) is 29.4 Å². The number of hydrogen-bond donors (Lipinski definition) is 0. The number of fused-ring (bicyclic) bond motifs is 1. The highest BCUT2D eigenvalue weighted by atomic mass is 16.5. The lowest BCUT2D eigenvalue weighted by Gasteiger charge is -2.14. The number of nitrogens with zero attached hydrogens (tertiary/aromatic N) is 3. The lowest BCUT2D eigenvalue weighted by atomic mass is 10.1. The summed E-state index contributed by atoms with van der Waals surface area (Å²) >= 11 is 0. The van der Waals surface area contributed by atoms with Crippen molar-refractivity contribution in [2.24, 2.45) is 0 Å². The van der Waals surface area contributed by atoms with Gasteiger partial charge in [0.2, 0.25) is 17.6 Å². The van der Waals surface area contributed by atoms with Gasteiger partial charge >= 0.3 is 0 Å². The molecule has 0 aliphatic carbocycles. The average molecular weight is 351 g/mol. The van der Waals surface area contributed by atoms with Crippen molar-refractivity contribution < 1.29 is 18.8 Å². The van der Waals surface area contributed by atoms with E-state index in [2.05, 4.69) is 10.1 Å². The topological polar surface area (TPSA) is 77.7 Å². The second-order valence-corrected chi connectivity index (χ2v) is 5.84. The maximum atomic E-state index is 12.3. The van der Waals surface area contributed by atoms with Crippen LogP contribution in [-0.4, -0.2) is 30.3 Å². The Morgan fingerprint density at radius 3 is 2.77 bits per heavy atom. The van der Waals surface area contributed by atoms with Crippen LogP contribution in [0, 0.1) is 0 Å². The molecule has 1 amide bonds. The quantitative estimate of drug-likeness (QED) is 0.703. The molecule has 0 N–H and O–H groups in total. The van der Waals surface area contributed by atoms with E-state index in [4.69, 9.17) is 14.0 Å². The Hall–Kier alpha value is -3.35. The maximum absolute atomic E-state index is 12.3. The molecule has 4 rings (SSSR count). The Morgan fingerprint density at radius 2 is 1.96 bits per heavy atom. The Balaban J connectivity index is 1.63. The molecule has 7 heteroatoms. The number of hydrogen-bond acceptors (Lipinski definition) is 6. The number of para-hydroxylation sites is 2. The van der Waals surface area contributed by atoms with E-state index >= 15 is 0 Å². The predicted molar refractivity (Wildman–Crippen MR) is 94.2 cm³/mol. The summed E-state index contributed by atoms with van der Waals surface area (Å²) in [5.74, 6) is 1.88. The molecule has 132 valence electrons. The third-order valence-electron chi connectivity index (χ3n) is 4.33. The van der Waals surface area contributed by atoms with Crippen molar-refractivity contribution in [3.05, 3.63) is 53.9 Å². The number of amides is 1. The first-order valence-corrected chi connectivity index (χ1v) is 8.13. The molecule has 1 aliphatic rings. The smallest absolute Gasteiger partial charge is 0.247 e. The van der Waals surface area contributed by atoms with Gasteiger partial charge in [0, 0.05) is 5.69 Å². The highest BCUT2D eigenvalue weighted by Crippen LogP contribution is 2.36. The summed E-state index contributed by atoms with van der Waals surface area (Å²) < 4.78 is 16.1. The number of carbonyl (C=O) groups is 1. The molecule has 2 aromatic carbocycles. The first-order valence-electron chi connectivity index (χ1n) is 8.13. The molecule has 7 nitrogen and oxygen atoms in total. The molecule has 26 heavy (non-hydrogen) atoms. The molecule has 0 saturated carbocycles. The highest BCUT2D eigenvalue weighted by Gasteiger charge is 2.28. The zero-order valence-corrected chi connectivity index (χ0v) is 14.4. The fraction of sp³-hybridized carbons (Fsp3) is 0.211. The second kappa shape index (κ2) is 6.51. The van der Waals surface area contributed by atoms with E-state index in [1.807, 2.05) is 36.4 Å². The van der Waals surface area contributed by atoms with Gasteiger partial charge in [-0.05, 0) is 23.8 Å². The fourth-order valence-corrected chi connectivity index (χ4v) is 3.12. The molecule has 0 bridgehead atoms. The van der Waals surface area contributed by atoms with E-state index in [1.54, 1.807) is 25.2 Å². The Labute approximate surface area is 150 Å². The van der Waals surface area contributed by atoms with Gasteiger partial charge in [-0.15, -0.1) is 0 Å². The van der Waals surface area contributed by atoms with Gasteiger partial charge in [-0.3, -0.25) is 4.79 Å². The van der Waals surface area contributed by atoms with Gasteiger partial charge in [-0.2, -0.15) is 4.98 Å². The number of ether oxygens (including phenoxy) is 2. The molecule has 1 aliphatic heterocycles. The largest absolute Gasteiger partial charge is 0.493 e. The van der Waals surface area contributed by atoms with E-state index < -0.39 is 0 Å². The maximum Gasteiger partial charge on any atom is 0.247 e. The molecule has 3 aromatic rings. The standard InChI is InChI=1S/C19H17N3O4/c1-24-15-9-5-7-13(18(15)25-2)19-20-16(26-21-19)11-22-14-8-4-3-6-12(14)10-17(22)23/h3-9H,10-11H2,1-2H3. The lowest BCUT2D eigenvalue weighted by molar-refractivity contribution is -0.117. The second-order valence-electron chi connectivity index (χ2n) is 5.84. The van der Waals surface area contributed by atoms with Crippen LogP contribution in [0.3, 0.4) is 0 Å². The van der Waals surface area contributed by atoms with E-state index in [0.717, 1.165) is 11.3 Å². The summed E-state index contributed by atoms with van der Waals surface area (Å²) in [6.45, 7) is 0.231. The summed E-state index contributed by atoms with van der Waals surface area (Å²) in [5, 5.41) is 4.03. The normalized spacial score (nSPS) is 13.0. The Morgan fingerprint density at radius 1 is 1.12 bits per heavy atom. The minimum atomic E-state index is 0.0184. The van der Waals surface area contributed by atoms with Crippen molar-refractivity contribution in [3.8, 4) is 22.9 Å². The first kappa shape index (κ1) is 16.1. The average Bonchev–Trinajstić information content (AvgIpc) is 3.26. The number of benzene rings is 2. The van der Waals surface area contributed by atoms with Crippen LogP contribution in [0.4, 0.5) is 5.69 Å². The van der Waals surface area contributed by atoms with Gasteiger partial charge < -0.3 is 18.9 Å². The summed E-state index contributed by atoms with van der Waals surface area (Å²) in [6.07, 6.45) is 0.390. The SMILES string of the molecule is COc1cccc(-c2noc(CN3C(=O)Cc4ccccc43)n2)c1OC. The molecule has 0 unspecified atom stereocenters. The van der Waals surface area contributed by atoms with Crippen molar-refractivity contribution in [2.75, 3.05) is 19.1 Å². The van der Waals surface area contributed by atoms with E-state index in [0.29, 0.717) is 35.2 Å². The van der Waals surface area contributed by atoms with Crippen LogP contribution in [0.1, 0.15) is 11.5 Å². The summed E-state index contributed by atoms with van der Waals surface area (Å²) in [4.78, 5) is 18.4. The molecule has 0 spiro atoms. The third kappa shape index (κ3) is 2.67. The van der Waals surface area contributed by atoms with Gasteiger partial charge in [0.25, 0.3) is 0 Å². The van der Waals surface area contributed by atoms with E-state index in [1.165, 1.54) is 0 Å². The van der Waals surface area contributed by atoms with Crippen LogP contribution in [0.15, 0.2) is 47.0 Å². The summed E-state index contributed by atoms with van der Waals surface area (Å²) in [5.41, 5.74) is 2.55. The molecular weight excluding hydrogens is 334 g/mol. The zero-order chi connectivity index (χ0) is 18.1. The van der Waals surface area contributed by atoms with E-state index in [-0.39, 0.29) is 12.5 Å². The highest BCUT2D eigenvalue weighted by molar-refractivity contribution is 6.01. The number of aromatic nitrogens is 2. The van der Waals surface area contributed by atoms with E-state index in [9.17, 15) is 4.79 Å². The number of rotatable bonds is 5. The number of carbonyl (C=O) groups excluding carboxylic acids is 1. The Bertz CT molecular complexity index is 967. The van der Waals surface area contributed by atoms with Crippen LogP contribution < -0.4 is 14.4 Å². The van der Waals surface area contributed by atoms with Gasteiger partial charge in [-0.25, -0.2) is 0 Å². The van der Waals surface area contributed by atoms with Crippen LogP contribution in [0.5, 0.6) is 11.5 Å². The van der Waals surface area contributed by atoms with Gasteiger partial charge in [0.05, 0.1) is 26.2 Å². The molecule has 0 saturated heterocycles. The van der Waals surface area contributed by atoms with Gasteiger partial charge in [0.1, 0.15) is 6.54 Å². The summed E-state index contributed by atoms with van der Waals surface area (Å²) in [7, 11) is 3.13. The monoisotopic (exact) mass is 351 g/mol. The van der Waals surface area contributed by atoms with Crippen LogP contribution in [0.2, 0.25) is 0 Å². The van der Waals surface area contributed by atoms with Crippen molar-refractivity contribution in [2.45, 2.75) is 13.0 Å². The molecule has 1 aromatic heterocycles. The Kier molecular flexibility index (Phi) is 4.04. The zero-order valence-electron chi connectivity index (χ0n) is 14.4. The van der Waals surface area contributed by atoms with Crippen LogP contribution in [0.25, 0.3) is 11.4 Å². The first-order chi connectivity index (χ1) is 12.7. The molecule has 0 atom stereocenters. The van der Waals surface area contributed by atoms with Crippen molar-refractivity contribution in [3.63, 3.8) is 0 Å². The molecule has 2 heterocycles. The van der Waals surface area contributed by atoms with Crippen molar-refractivity contribution in [1.82, 2.24) is 10.1 Å². The molecule has 0 radical (unpaired) electrons. The van der Waals surface area contributed by atoms with Gasteiger partial charge in [0.15, 0.2) is 11.5 Å². The lowest BCUT2D eigenvalue weighted by Crippen LogP contribution is -2.26. The minimum absolute atomic E-state index is 0.0184. The molecular formula is C19H17N3O4. The van der Waals surface area contributed by atoms with Crippen molar-refractivity contribution >= 4 is 11.6 Å². The third-order valence-corrected chi connectivity index (χ3v) is 4.33. The predicted octanol–water partition coefficient (Wildman–Crippen LogP) is 2.84. The van der Waals surface area contributed by atoms with Crippen molar-refractivity contribution in [1.29, 1.82) is 0 Å². The van der Waals surface area contributed by atoms with Crippen LogP contribution >= 0.6 is 0 Å². The minimum Gasteiger partial charge on any atom is -0.493 e.